The third-order valence-corrected chi connectivity index (χ3v) is 5.38. The van der Waals surface area contributed by atoms with Crippen molar-refractivity contribution in [3.05, 3.63) is 36.7 Å². The van der Waals surface area contributed by atoms with Crippen molar-refractivity contribution >= 4 is 29.1 Å². The van der Waals surface area contributed by atoms with E-state index in [1.807, 2.05) is 43.7 Å². The molecule has 1 aliphatic carbocycles. The Morgan fingerprint density at radius 1 is 1.29 bits per heavy atom. The maximum Gasteiger partial charge on any atom is 0.266 e. The van der Waals surface area contributed by atoms with Crippen LogP contribution in [-0.2, 0) is 0 Å². The van der Waals surface area contributed by atoms with Crippen LogP contribution in [0.2, 0.25) is 0 Å². The standard InChI is InChI=1S/C20H24N8/c1-22-18-10-14(4-5-17(18)25-21)16-6-7-28-19(16)12-24-20(26-28)23-11-13-8-15(9-13)27(2)3/h4-7,10-13,15,21-22H,8-9H2,1-3H3. The van der Waals surface area contributed by atoms with Gasteiger partial charge in [-0.15, -0.1) is 5.10 Å². The molecule has 1 aliphatic rings. The first-order valence-electron chi connectivity index (χ1n) is 9.33. The Morgan fingerprint density at radius 2 is 2.11 bits per heavy atom. The Labute approximate surface area is 163 Å². The maximum absolute atomic E-state index is 7.25. The van der Waals surface area contributed by atoms with Crippen molar-refractivity contribution < 1.29 is 0 Å². The van der Waals surface area contributed by atoms with Crippen molar-refractivity contribution in [1.29, 1.82) is 5.53 Å². The highest BCUT2D eigenvalue weighted by atomic mass is 15.3. The number of hydrogen-bond acceptors (Lipinski definition) is 7. The predicted octanol–water partition coefficient (Wildman–Crippen LogP) is 4.14. The monoisotopic (exact) mass is 376 g/mol. The topological polar surface area (TPSA) is 94.0 Å². The summed E-state index contributed by atoms with van der Waals surface area (Å²) >= 11 is 0. The second-order valence-electron chi connectivity index (χ2n) is 7.34. The van der Waals surface area contributed by atoms with Gasteiger partial charge >= 0.3 is 0 Å². The summed E-state index contributed by atoms with van der Waals surface area (Å²) in [5.74, 6) is 0.982. The average molecular weight is 376 g/mol. The zero-order chi connectivity index (χ0) is 19.7. The third-order valence-electron chi connectivity index (χ3n) is 5.38. The first-order chi connectivity index (χ1) is 13.6. The van der Waals surface area contributed by atoms with Crippen LogP contribution in [0.15, 0.2) is 46.8 Å². The molecule has 0 spiro atoms. The summed E-state index contributed by atoms with van der Waals surface area (Å²) in [6.45, 7) is 0. The highest BCUT2D eigenvalue weighted by Gasteiger charge is 2.29. The minimum Gasteiger partial charge on any atom is -0.386 e. The molecule has 0 aliphatic heterocycles. The van der Waals surface area contributed by atoms with Gasteiger partial charge in [-0.3, -0.25) is 0 Å². The number of anilines is 1. The summed E-state index contributed by atoms with van der Waals surface area (Å²) in [5.41, 5.74) is 11.6. The van der Waals surface area contributed by atoms with Crippen molar-refractivity contribution in [2.24, 2.45) is 16.0 Å². The predicted molar refractivity (Wildman–Crippen MR) is 111 cm³/mol. The molecule has 0 bridgehead atoms. The van der Waals surface area contributed by atoms with Gasteiger partial charge < -0.3 is 10.2 Å². The van der Waals surface area contributed by atoms with Gasteiger partial charge in [0, 0.05) is 31.1 Å². The van der Waals surface area contributed by atoms with E-state index >= 15 is 0 Å². The van der Waals surface area contributed by atoms with Gasteiger partial charge in [0.1, 0.15) is 5.69 Å². The molecule has 8 heteroatoms. The summed E-state index contributed by atoms with van der Waals surface area (Å²) in [7, 11) is 6.06. The minimum atomic E-state index is 0.474. The lowest BCUT2D eigenvalue weighted by molar-refractivity contribution is 0.163. The first-order valence-corrected chi connectivity index (χ1v) is 9.33. The molecule has 0 radical (unpaired) electrons. The van der Waals surface area contributed by atoms with E-state index in [9.17, 15) is 0 Å². The second kappa shape index (κ2) is 7.47. The zero-order valence-electron chi connectivity index (χ0n) is 16.3. The van der Waals surface area contributed by atoms with Crippen LogP contribution in [0.5, 0.6) is 0 Å². The normalized spacial score (nSPS) is 19.3. The van der Waals surface area contributed by atoms with E-state index < -0.39 is 0 Å². The third kappa shape index (κ3) is 3.38. The van der Waals surface area contributed by atoms with Crippen LogP contribution in [0, 0.1) is 11.4 Å². The molecule has 3 aromatic rings. The Morgan fingerprint density at radius 3 is 2.82 bits per heavy atom. The number of hydrogen-bond donors (Lipinski definition) is 2. The van der Waals surface area contributed by atoms with Gasteiger partial charge in [0.15, 0.2) is 0 Å². The van der Waals surface area contributed by atoms with E-state index in [4.69, 9.17) is 5.53 Å². The number of rotatable bonds is 6. The maximum atomic E-state index is 7.25. The largest absolute Gasteiger partial charge is 0.386 e. The van der Waals surface area contributed by atoms with E-state index in [0.717, 1.165) is 35.2 Å². The number of fused-ring (bicyclic) bond motifs is 1. The summed E-state index contributed by atoms with van der Waals surface area (Å²) in [5, 5.41) is 11.1. The fourth-order valence-corrected chi connectivity index (χ4v) is 3.54. The summed E-state index contributed by atoms with van der Waals surface area (Å²) < 4.78 is 1.81. The van der Waals surface area contributed by atoms with Crippen molar-refractivity contribution in [2.45, 2.75) is 18.9 Å². The molecule has 2 aromatic heterocycles. The van der Waals surface area contributed by atoms with Gasteiger partial charge in [0.2, 0.25) is 0 Å². The van der Waals surface area contributed by atoms with Crippen molar-refractivity contribution in [2.75, 3.05) is 26.5 Å². The highest BCUT2D eigenvalue weighted by molar-refractivity contribution is 5.84. The van der Waals surface area contributed by atoms with E-state index in [1.54, 1.807) is 10.7 Å². The van der Waals surface area contributed by atoms with Crippen molar-refractivity contribution in [3.8, 4) is 11.1 Å². The minimum absolute atomic E-state index is 0.474. The molecule has 144 valence electrons. The van der Waals surface area contributed by atoms with Gasteiger partial charge in [0.25, 0.3) is 5.95 Å². The fourth-order valence-electron chi connectivity index (χ4n) is 3.54. The first kappa shape index (κ1) is 18.2. The molecule has 0 atom stereocenters. The molecule has 2 heterocycles. The van der Waals surface area contributed by atoms with Crippen molar-refractivity contribution in [1.82, 2.24) is 19.5 Å². The van der Waals surface area contributed by atoms with E-state index in [2.05, 4.69) is 44.5 Å². The molecule has 0 saturated heterocycles. The fraction of sp³-hybridized carbons (Fsp3) is 0.350. The van der Waals surface area contributed by atoms with Gasteiger partial charge in [-0.2, -0.15) is 5.11 Å². The summed E-state index contributed by atoms with van der Waals surface area (Å²) in [6, 6.07) is 8.43. The van der Waals surface area contributed by atoms with Gasteiger partial charge in [-0.05, 0) is 56.6 Å². The lowest BCUT2D eigenvalue weighted by Gasteiger charge is -2.37. The lowest BCUT2D eigenvalue weighted by atomic mass is 9.80. The van der Waals surface area contributed by atoms with E-state index in [0.29, 0.717) is 23.6 Å². The molecule has 0 amide bonds. The lowest BCUT2D eigenvalue weighted by Crippen LogP contribution is -2.40. The van der Waals surface area contributed by atoms with Crippen LogP contribution >= 0.6 is 0 Å². The van der Waals surface area contributed by atoms with Crippen LogP contribution < -0.4 is 5.32 Å². The summed E-state index contributed by atoms with van der Waals surface area (Å²) in [6.07, 6.45) is 7.98. The molecule has 1 saturated carbocycles. The molecule has 1 aromatic carbocycles. The summed E-state index contributed by atoms with van der Waals surface area (Å²) in [4.78, 5) is 11.2. The Kier molecular flexibility index (Phi) is 4.87. The van der Waals surface area contributed by atoms with Crippen LogP contribution in [0.1, 0.15) is 12.8 Å². The van der Waals surface area contributed by atoms with Gasteiger partial charge in [-0.1, -0.05) is 6.07 Å². The van der Waals surface area contributed by atoms with Gasteiger partial charge in [-0.25, -0.2) is 20.0 Å². The number of nitrogens with zero attached hydrogens (tertiary/aromatic N) is 6. The number of nitrogens with one attached hydrogen (secondary N) is 2. The second-order valence-corrected chi connectivity index (χ2v) is 7.34. The Bertz CT molecular complexity index is 1030. The Balaban J connectivity index is 1.56. The van der Waals surface area contributed by atoms with E-state index in [-0.39, 0.29) is 0 Å². The molecule has 1 fully saturated rings. The van der Waals surface area contributed by atoms with E-state index in [1.165, 1.54) is 0 Å². The molecule has 2 N–H and O–H groups in total. The highest BCUT2D eigenvalue weighted by Crippen LogP contribution is 2.33. The Hall–Kier alpha value is -3.13. The van der Waals surface area contributed by atoms with Crippen LogP contribution in [0.4, 0.5) is 17.3 Å². The van der Waals surface area contributed by atoms with Crippen LogP contribution in [-0.4, -0.2) is 52.9 Å². The zero-order valence-corrected chi connectivity index (χ0v) is 16.3. The van der Waals surface area contributed by atoms with Crippen molar-refractivity contribution in [3.63, 3.8) is 0 Å². The molecule has 8 nitrogen and oxygen atoms in total. The molecule has 28 heavy (non-hydrogen) atoms. The molecular formula is C20H24N8. The number of aromatic nitrogens is 3. The number of aliphatic imine (C=N–C) groups is 1. The van der Waals surface area contributed by atoms with Gasteiger partial charge in [0.05, 0.1) is 17.4 Å². The smallest absolute Gasteiger partial charge is 0.266 e. The van der Waals surface area contributed by atoms with Crippen LogP contribution in [0.25, 0.3) is 16.6 Å². The SMILES string of the molecule is CNc1cc(-c2ccn3nc(N=CC4CC(N(C)C)C4)ncc23)ccc1N=N. The molecule has 0 unspecified atom stereocenters. The van der Waals surface area contributed by atoms with Crippen LogP contribution in [0.3, 0.4) is 0 Å². The molecule has 4 rings (SSSR count). The average Bonchev–Trinajstić information content (AvgIpc) is 3.09. The number of benzene rings is 1. The quantitative estimate of drug-likeness (QED) is 0.499. The molecular weight excluding hydrogens is 352 g/mol.